The third kappa shape index (κ3) is 4.15. The first kappa shape index (κ1) is 20.4. The Morgan fingerprint density at radius 3 is 2.97 bits per heavy atom. The summed E-state index contributed by atoms with van der Waals surface area (Å²) in [6.45, 7) is 3.52. The van der Waals surface area contributed by atoms with Crippen LogP contribution in [0.4, 0.5) is 4.39 Å². The summed E-state index contributed by atoms with van der Waals surface area (Å²) in [6.07, 6.45) is 4.04. The van der Waals surface area contributed by atoms with Crippen LogP contribution in [0.5, 0.6) is 0 Å². The number of amides is 1. The average Bonchev–Trinajstić information content (AvgIpc) is 3.38. The molecule has 0 spiro atoms. The number of benzene rings is 2. The summed E-state index contributed by atoms with van der Waals surface area (Å²) < 4.78 is 21.4. The Morgan fingerprint density at radius 1 is 1.22 bits per heavy atom. The lowest BCUT2D eigenvalue weighted by molar-refractivity contribution is -0.133. The predicted molar refractivity (Wildman–Crippen MR) is 119 cm³/mol. The van der Waals surface area contributed by atoms with Gasteiger partial charge in [-0.3, -0.25) is 4.79 Å². The number of halogens is 1. The van der Waals surface area contributed by atoms with E-state index in [1.807, 2.05) is 46.7 Å². The maximum Gasteiger partial charge on any atom is 0.242 e. The molecule has 0 aliphatic carbocycles. The quantitative estimate of drug-likeness (QED) is 0.467. The second-order valence-corrected chi connectivity index (χ2v) is 8.38. The van der Waals surface area contributed by atoms with Crippen molar-refractivity contribution in [3.63, 3.8) is 0 Å². The fourth-order valence-corrected chi connectivity index (χ4v) is 4.48. The Bertz CT molecular complexity index is 1260. The number of piperidine rings is 1. The minimum absolute atomic E-state index is 0.0644. The highest BCUT2D eigenvalue weighted by Crippen LogP contribution is 2.28. The van der Waals surface area contributed by atoms with Crippen LogP contribution in [0.3, 0.4) is 0 Å². The van der Waals surface area contributed by atoms with Gasteiger partial charge >= 0.3 is 0 Å². The number of fused-ring (bicyclic) bond motifs is 1. The zero-order valence-corrected chi connectivity index (χ0v) is 18.0. The largest absolute Gasteiger partial charge is 0.445 e. The van der Waals surface area contributed by atoms with Crippen LogP contribution in [-0.4, -0.2) is 38.4 Å². The van der Waals surface area contributed by atoms with Crippen molar-refractivity contribution in [3.8, 4) is 0 Å². The maximum atomic E-state index is 13.4. The van der Waals surface area contributed by atoms with E-state index in [0.717, 1.165) is 41.8 Å². The fraction of sp³-hybridized carbons (Fsp3) is 0.320. The van der Waals surface area contributed by atoms with Gasteiger partial charge in [0.2, 0.25) is 5.91 Å². The number of aromatic nitrogens is 3. The number of carbonyl (C=O) groups excluding carboxylic acids is 1. The van der Waals surface area contributed by atoms with E-state index in [4.69, 9.17) is 4.42 Å². The van der Waals surface area contributed by atoms with Crippen molar-refractivity contribution in [1.29, 1.82) is 0 Å². The Kier molecular flexibility index (Phi) is 5.47. The van der Waals surface area contributed by atoms with Gasteiger partial charge in [-0.25, -0.2) is 14.4 Å². The lowest BCUT2D eigenvalue weighted by Crippen LogP contribution is -2.41. The summed E-state index contributed by atoms with van der Waals surface area (Å²) >= 11 is 0. The number of hydrogen-bond acceptors (Lipinski definition) is 4. The molecule has 1 amide bonds. The number of likely N-dealkylation sites (tertiary alicyclic amines) is 1. The highest BCUT2D eigenvalue weighted by molar-refractivity contribution is 5.81. The molecule has 7 heteroatoms. The molecule has 1 aliphatic heterocycles. The molecule has 1 fully saturated rings. The van der Waals surface area contributed by atoms with Crippen LogP contribution in [0.2, 0.25) is 0 Å². The topological polar surface area (TPSA) is 64.2 Å². The molecule has 0 N–H and O–H groups in total. The predicted octanol–water partition coefficient (Wildman–Crippen LogP) is 4.47. The number of carbonyl (C=O) groups is 1. The average molecular weight is 432 g/mol. The minimum atomic E-state index is -0.260. The maximum absolute atomic E-state index is 13.4. The van der Waals surface area contributed by atoms with Gasteiger partial charge in [0.05, 0.1) is 23.1 Å². The Morgan fingerprint density at radius 2 is 2.09 bits per heavy atom. The van der Waals surface area contributed by atoms with Crippen molar-refractivity contribution in [3.05, 3.63) is 83.6 Å². The molecule has 1 atom stereocenters. The molecule has 4 aromatic rings. The molecule has 1 unspecified atom stereocenters. The molecule has 164 valence electrons. The number of aryl methyl sites for hydroxylation is 1. The van der Waals surface area contributed by atoms with Crippen molar-refractivity contribution >= 4 is 16.9 Å². The summed E-state index contributed by atoms with van der Waals surface area (Å²) in [5.74, 6) is 2.07. The van der Waals surface area contributed by atoms with E-state index in [0.29, 0.717) is 24.6 Å². The molecule has 0 bridgehead atoms. The van der Waals surface area contributed by atoms with Crippen LogP contribution in [0, 0.1) is 12.7 Å². The van der Waals surface area contributed by atoms with Crippen LogP contribution in [0.15, 0.2) is 59.1 Å². The van der Waals surface area contributed by atoms with Gasteiger partial charge in [-0.05, 0) is 49.6 Å². The molecule has 1 saturated heterocycles. The van der Waals surface area contributed by atoms with E-state index in [-0.39, 0.29) is 24.2 Å². The van der Waals surface area contributed by atoms with E-state index in [1.165, 1.54) is 12.1 Å². The number of para-hydroxylation sites is 2. The first-order valence-corrected chi connectivity index (χ1v) is 11.0. The third-order valence-corrected chi connectivity index (χ3v) is 6.10. The first-order valence-electron chi connectivity index (χ1n) is 11.0. The zero-order valence-electron chi connectivity index (χ0n) is 18.0. The third-order valence-electron chi connectivity index (χ3n) is 6.10. The molecule has 2 aromatic carbocycles. The summed E-state index contributed by atoms with van der Waals surface area (Å²) in [4.78, 5) is 24.0. The molecular weight excluding hydrogens is 407 g/mol. The van der Waals surface area contributed by atoms with Gasteiger partial charge in [0.1, 0.15) is 23.9 Å². The number of imidazole rings is 1. The zero-order chi connectivity index (χ0) is 22.1. The van der Waals surface area contributed by atoms with Gasteiger partial charge < -0.3 is 13.9 Å². The normalized spacial score (nSPS) is 16.6. The van der Waals surface area contributed by atoms with Crippen molar-refractivity contribution < 1.29 is 13.6 Å². The lowest BCUT2D eigenvalue weighted by Gasteiger charge is -2.31. The standard InChI is InChI=1S/C25H25FN4O2/c1-17-28-22-9-2-3-10-23(22)30(17)16-24(31)29-11-5-7-19(15-29)25-27-14-21(32-25)13-18-6-4-8-20(26)12-18/h2-4,6,8-10,12,14,19H,5,7,11,13,15-16H2,1H3. The summed E-state index contributed by atoms with van der Waals surface area (Å²) in [7, 11) is 0. The van der Waals surface area contributed by atoms with Crippen LogP contribution >= 0.6 is 0 Å². The van der Waals surface area contributed by atoms with Crippen molar-refractivity contribution in [1.82, 2.24) is 19.4 Å². The number of hydrogen-bond donors (Lipinski definition) is 0. The van der Waals surface area contributed by atoms with E-state index in [9.17, 15) is 9.18 Å². The smallest absolute Gasteiger partial charge is 0.242 e. The second kappa shape index (κ2) is 8.57. The van der Waals surface area contributed by atoms with Gasteiger partial charge in [0.25, 0.3) is 0 Å². The van der Waals surface area contributed by atoms with Gasteiger partial charge in [-0.2, -0.15) is 0 Å². The Balaban J connectivity index is 1.27. The molecule has 1 aliphatic rings. The molecule has 0 radical (unpaired) electrons. The van der Waals surface area contributed by atoms with Crippen molar-refractivity contribution in [2.75, 3.05) is 13.1 Å². The highest BCUT2D eigenvalue weighted by Gasteiger charge is 2.28. The van der Waals surface area contributed by atoms with Crippen LogP contribution in [-0.2, 0) is 17.8 Å². The van der Waals surface area contributed by atoms with Crippen molar-refractivity contribution in [2.24, 2.45) is 0 Å². The molecule has 5 rings (SSSR count). The van der Waals surface area contributed by atoms with Crippen LogP contribution in [0.25, 0.3) is 11.0 Å². The van der Waals surface area contributed by atoms with E-state index in [1.54, 1.807) is 12.3 Å². The van der Waals surface area contributed by atoms with Crippen molar-refractivity contribution in [2.45, 2.75) is 38.6 Å². The Labute approximate surface area is 185 Å². The van der Waals surface area contributed by atoms with Gasteiger partial charge in [-0.1, -0.05) is 24.3 Å². The molecule has 6 nitrogen and oxygen atoms in total. The summed E-state index contributed by atoms with van der Waals surface area (Å²) in [5.41, 5.74) is 2.72. The number of oxazole rings is 1. The fourth-order valence-electron chi connectivity index (χ4n) is 4.48. The number of nitrogens with zero attached hydrogens (tertiary/aromatic N) is 4. The minimum Gasteiger partial charge on any atom is -0.445 e. The Hall–Kier alpha value is -3.48. The van der Waals surface area contributed by atoms with Gasteiger partial charge in [0.15, 0.2) is 5.89 Å². The second-order valence-electron chi connectivity index (χ2n) is 8.38. The van der Waals surface area contributed by atoms with Gasteiger partial charge in [0, 0.05) is 19.5 Å². The van der Waals surface area contributed by atoms with Crippen LogP contribution in [0.1, 0.15) is 41.8 Å². The molecule has 3 heterocycles. The molecule has 0 saturated carbocycles. The number of rotatable bonds is 5. The van der Waals surface area contributed by atoms with E-state index in [2.05, 4.69) is 9.97 Å². The van der Waals surface area contributed by atoms with Crippen LogP contribution < -0.4 is 0 Å². The molecule has 2 aromatic heterocycles. The molecular formula is C25H25FN4O2. The van der Waals surface area contributed by atoms with Gasteiger partial charge in [-0.15, -0.1) is 0 Å². The summed E-state index contributed by atoms with van der Waals surface area (Å²) in [5, 5.41) is 0. The molecule has 32 heavy (non-hydrogen) atoms. The SMILES string of the molecule is Cc1nc2ccccc2n1CC(=O)N1CCCC(c2ncc(Cc3cccc(F)c3)o2)C1. The first-order chi connectivity index (χ1) is 15.6. The van der Waals surface area contributed by atoms with E-state index >= 15 is 0 Å². The van der Waals surface area contributed by atoms with E-state index < -0.39 is 0 Å². The monoisotopic (exact) mass is 432 g/mol. The highest BCUT2D eigenvalue weighted by atomic mass is 19.1. The lowest BCUT2D eigenvalue weighted by atomic mass is 9.98. The summed E-state index contributed by atoms with van der Waals surface area (Å²) in [6, 6.07) is 14.4.